The Morgan fingerprint density at radius 2 is 1.63 bits per heavy atom. The van der Waals surface area contributed by atoms with Gasteiger partial charge < -0.3 is 15.5 Å². The summed E-state index contributed by atoms with van der Waals surface area (Å²) in [5.74, 6) is -1.06. The van der Waals surface area contributed by atoms with Crippen molar-refractivity contribution >= 4 is 33.4 Å². The lowest BCUT2D eigenvalue weighted by molar-refractivity contribution is -0.134. The summed E-state index contributed by atoms with van der Waals surface area (Å²) in [6.45, 7) is 3.25. The number of likely N-dealkylation sites (N-methyl/N-ethyl adjacent to an activating group) is 2. The normalized spacial score (nSPS) is 11.1. The molecule has 3 amide bonds. The van der Waals surface area contributed by atoms with Crippen LogP contribution in [0.1, 0.15) is 20.3 Å². The van der Waals surface area contributed by atoms with Crippen molar-refractivity contribution < 1.29 is 22.8 Å². The number of carbonyl (C=O) groups excluding carboxylic acids is 3. The average molecular weight is 398 g/mol. The molecule has 0 saturated heterocycles. The Morgan fingerprint density at radius 1 is 1.04 bits per heavy atom. The maximum atomic E-state index is 12.6. The van der Waals surface area contributed by atoms with Gasteiger partial charge in [0.25, 0.3) is 0 Å². The zero-order valence-corrected chi connectivity index (χ0v) is 16.8. The van der Waals surface area contributed by atoms with Crippen LogP contribution in [0.2, 0.25) is 0 Å². The Balaban J connectivity index is 2.73. The summed E-state index contributed by atoms with van der Waals surface area (Å²) >= 11 is 0. The summed E-state index contributed by atoms with van der Waals surface area (Å²) in [5, 5.41) is 5.20. The van der Waals surface area contributed by atoms with Crippen molar-refractivity contribution in [3.05, 3.63) is 24.3 Å². The summed E-state index contributed by atoms with van der Waals surface area (Å²) in [7, 11) is -1.15. The molecule has 0 aliphatic rings. The number of amides is 3. The molecule has 0 aliphatic carbocycles. The molecule has 0 aromatic heterocycles. The van der Waals surface area contributed by atoms with E-state index in [1.54, 1.807) is 0 Å². The van der Waals surface area contributed by atoms with Crippen LogP contribution < -0.4 is 10.6 Å². The highest BCUT2D eigenvalue weighted by Gasteiger charge is 2.24. The second kappa shape index (κ2) is 10.0. The fourth-order valence-electron chi connectivity index (χ4n) is 2.11. The number of anilines is 1. The monoisotopic (exact) mass is 398 g/mol. The van der Waals surface area contributed by atoms with Gasteiger partial charge in [-0.2, -0.15) is 4.31 Å². The number of sulfonamides is 1. The number of benzene rings is 1. The molecule has 0 unspecified atom stereocenters. The van der Waals surface area contributed by atoms with E-state index < -0.39 is 22.5 Å². The Labute approximate surface area is 159 Å². The lowest BCUT2D eigenvalue weighted by atomic mass is 10.3. The molecule has 0 atom stereocenters. The van der Waals surface area contributed by atoms with Gasteiger partial charge in [-0.15, -0.1) is 0 Å². The molecular formula is C17H26N4O5S. The van der Waals surface area contributed by atoms with Crippen LogP contribution in [0.5, 0.6) is 0 Å². The highest BCUT2D eigenvalue weighted by Crippen LogP contribution is 2.17. The molecule has 0 aliphatic heterocycles. The molecule has 0 spiro atoms. The fourth-order valence-corrected chi connectivity index (χ4v) is 3.23. The Hall–Kier alpha value is -2.46. The topological polar surface area (TPSA) is 116 Å². The maximum absolute atomic E-state index is 12.6. The first-order valence-electron chi connectivity index (χ1n) is 8.42. The third-order valence-corrected chi connectivity index (χ3v) is 5.44. The number of hydrogen-bond donors (Lipinski definition) is 2. The second-order valence-corrected chi connectivity index (χ2v) is 8.11. The first-order valence-corrected chi connectivity index (χ1v) is 9.86. The molecule has 1 rings (SSSR count). The van der Waals surface area contributed by atoms with Gasteiger partial charge in [0.1, 0.15) is 0 Å². The molecule has 1 aromatic rings. The number of carbonyl (C=O) groups is 3. The SMILES string of the molecule is CCCNC(=O)CN(C)C(=O)CN(C)S(=O)(=O)c1ccc(NC(C)=O)cc1. The minimum Gasteiger partial charge on any atom is -0.355 e. The average Bonchev–Trinajstić information content (AvgIpc) is 2.59. The molecule has 0 heterocycles. The summed E-state index contributed by atoms with van der Waals surface area (Å²) in [6.07, 6.45) is 0.783. The van der Waals surface area contributed by atoms with Crippen molar-refractivity contribution in [1.82, 2.24) is 14.5 Å². The minimum atomic E-state index is -3.88. The van der Waals surface area contributed by atoms with Crippen molar-refractivity contribution in [1.29, 1.82) is 0 Å². The summed E-state index contributed by atoms with van der Waals surface area (Å²) in [5.41, 5.74) is 0.470. The van der Waals surface area contributed by atoms with E-state index in [9.17, 15) is 22.8 Å². The first kappa shape index (κ1) is 22.6. The van der Waals surface area contributed by atoms with Crippen LogP contribution in [0, 0.1) is 0 Å². The highest BCUT2D eigenvalue weighted by molar-refractivity contribution is 7.89. The Kier molecular flexibility index (Phi) is 8.38. The van der Waals surface area contributed by atoms with Gasteiger partial charge in [0.15, 0.2) is 0 Å². The quantitative estimate of drug-likeness (QED) is 0.619. The third kappa shape index (κ3) is 6.99. The summed E-state index contributed by atoms with van der Waals surface area (Å²) in [4.78, 5) is 36.1. The van der Waals surface area contributed by atoms with Gasteiger partial charge in [-0.1, -0.05) is 6.92 Å². The van der Waals surface area contributed by atoms with Crippen LogP contribution in [0.3, 0.4) is 0 Å². The number of hydrogen-bond acceptors (Lipinski definition) is 5. The first-order chi connectivity index (χ1) is 12.6. The molecule has 0 radical (unpaired) electrons. The highest BCUT2D eigenvalue weighted by atomic mass is 32.2. The Morgan fingerprint density at radius 3 is 2.15 bits per heavy atom. The van der Waals surface area contributed by atoms with E-state index in [0.29, 0.717) is 12.2 Å². The predicted molar refractivity (Wildman–Crippen MR) is 101 cm³/mol. The molecule has 10 heteroatoms. The lowest BCUT2D eigenvalue weighted by Crippen LogP contribution is -2.43. The van der Waals surface area contributed by atoms with Crippen molar-refractivity contribution in [2.24, 2.45) is 0 Å². The molecule has 0 fully saturated rings. The Bertz CT molecular complexity index is 777. The van der Waals surface area contributed by atoms with Crippen LogP contribution in [0.15, 0.2) is 29.2 Å². The number of rotatable bonds is 9. The molecule has 1 aromatic carbocycles. The molecule has 150 valence electrons. The van der Waals surface area contributed by atoms with Crippen molar-refractivity contribution in [3.8, 4) is 0 Å². The van der Waals surface area contributed by atoms with Crippen molar-refractivity contribution in [3.63, 3.8) is 0 Å². The van der Waals surface area contributed by atoms with E-state index >= 15 is 0 Å². The largest absolute Gasteiger partial charge is 0.355 e. The molecular weight excluding hydrogens is 372 g/mol. The smallest absolute Gasteiger partial charge is 0.243 e. The third-order valence-electron chi connectivity index (χ3n) is 3.62. The van der Waals surface area contributed by atoms with Crippen molar-refractivity contribution in [2.75, 3.05) is 39.0 Å². The zero-order valence-electron chi connectivity index (χ0n) is 16.0. The summed E-state index contributed by atoms with van der Waals surface area (Å²) < 4.78 is 26.1. The van der Waals surface area contributed by atoms with E-state index in [2.05, 4.69) is 10.6 Å². The fraction of sp³-hybridized carbons (Fsp3) is 0.471. The van der Waals surface area contributed by atoms with E-state index in [1.807, 2.05) is 6.92 Å². The van der Waals surface area contributed by atoms with Gasteiger partial charge in [-0.3, -0.25) is 14.4 Å². The van der Waals surface area contributed by atoms with Gasteiger partial charge in [0, 0.05) is 33.3 Å². The van der Waals surface area contributed by atoms with E-state index in [4.69, 9.17) is 0 Å². The molecule has 0 bridgehead atoms. The molecule has 27 heavy (non-hydrogen) atoms. The molecule has 9 nitrogen and oxygen atoms in total. The predicted octanol–water partition coefficient (Wildman–Crippen LogP) is 0.250. The molecule has 2 N–H and O–H groups in total. The second-order valence-electron chi connectivity index (χ2n) is 6.07. The zero-order chi connectivity index (χ0) is 20.6. The van der Waals surface area contributed by atoms with Gasteiger partial charge in [0.2, 0.25) is 27.7 Å². The van der Waals surface area contributed by atoms with E-state index in [-0.39, 0.29) is 23.3 Å². The number of nitrogens with one attached hydrogen (secondary N) is 2. The maximum Gasteiger partial charge on any atom is 0.243 e. The van der Waals surface area contributed by atoms with E-state index in [1.165, 1.54) is 50.2 Å². The van der Waals surface area contributed by atoms with Gasteiger partial charge >= 0.3 is 0 Å². The van der Waals surface area contributed by atoms with Crippen LogP contribution in [0.4, 0.5) is 5.69 Å². The van der Waals surface area contributed by atoms with Crippen LogP contribution in [-0.4, -0.2) is 69.1 Å². The van der Waals surface area contributed by atoms with Crippen LogP contribution >= 0.6 is 0 Å². The van der Waals surface area contributed by atoms with Crippen LogP contribution in [0.25, 0.3) is 0 Å². The summed E-state index contributed by atoms with van der Waals surface area (Å²) in [6, 6.07) is 5.63. The van der Waals surface area contributed by atoms with Gasteiger partial charge in [-0.05, 0) is 30.7 Å². The van der Waals surface area contributed by atoms with Crippen molar-refractivity contribution in [2.45, 2.75) is 25.2 Å². The standard InChI is InChI=1S/C17H26N4O5S/c1-5-10-18-16(23)11-20(3)17(24)12-21(4)27(25,26)15-8-6-14(7-9-15)19-13(2)22/h6-9H,5,10-12H2,1-4H3,(H,18,23)(H,19,22). The van der Waals surface area contributed by atoms with Crippen LogP contribution in [-0.2, 0) is 24.4 Å². The molecule has 0 saturated carbocycles. The van der Waals surface area contributed by atoms with Gasteiger partial charge in [-0.25, -0.2) is 8.42 Å². The van der Waals surface area contributed by atoms with E-state index in [0.717, 1.165) is 10.7 Å². The number of nitrogens with zero attached hydrogens (tertiary/aromatic N) is 2. The van der Waals surface area contributed by atoms with Gasteiger partial charge in [0.05, 0.1) is 18.0 Å². The minimum absolute atomic E-state index is 0.00440. The lowest BCUT2D eigenvalue weighted by Gasteiger charge is -2.21.